The third-order valence-corrected chi connectivity index (χ3v) is 7.78. The van der Waals surface area contributed by atoms with Gasteiger partial charge in [0.05, 0.1) is 30.8 Å². The second-order valence-corrected chi connectivity index (χ2v) is 10.4. The minimum Gasteiger partial charge on any atom is -0.258 e. The third kappa shape index (κ3) is 3.66. The molecule has 0 bridgehead atoms. The van der Waals surface area contributed by atoms with Gasteiger partial charge in [0.2, 0.25) is 20.0 Å². The van der Waals surface area contributed by atoms with Crippen LogP contribution in [0.1, 0.15) is 11.1 Å². The summed E-state index contributed by atoms with van der Waals surface area (Å²) in [6.45, 7) is 0. The Kier molecular flexibility index (Phi) is 5.95. The van der Waals surface area contributed by atoms with Gasteiger partial charge in [-0.15, -0.1) is 0 Å². The van der Waals surface area contributed by atoms with Gasteiger partial charge < -0.3 is 0 Å². The van der Waals surface area contributed by atoms with Crippen molar-refractivity contribution in [3.05, 3.63) is 61.2 Å². The fraction of sp³-hybridized carbons (Fsp3) is 0.111. The molecular formula is C18H12N6O8S2. The van der Waals surface area contributed by atoms with Crippen LogP contribution in [-0.4, -0.2) is 40.8 Å². The lowest BCUT2D eigenvalue weighted by molar-refractivity contribution is -0.386. The Bertz CT molecular complexity index is 1510. The standard InChI is InChI=1S/C18H12N6O8S2/c1-21-33(29,30)10-3-12-16(9(7-19)8-20)13-4-11(34(31,32)22-2)6-15(24(27)28)18(13)17(12)14(5-10)23(25)26/h3-6,21-22H,1-2H3. The van der Waals surface area contributed by atoms with E-state index in [1.807, 2.05) is 9.44 Å². The Hall–Kier alpha value is -4.22. The molecule has 0 amide bonds. The highest BCUT2D eigenvalue weighted by atomic mass is 32.2. The summed E-state index contributed by atoms with van der Waals surface area (Å²) in [4.78, 5) is 20.6. The normalized spacial score (nSPS) is 12.3. The smallest absolute Gasteiger partial charge is 0.258 e. The summed E-state index contributed by atoms with van der Waals surface area (Å²) in [5.74, 6) is 0. The Balaban J connectivity index is 2.69. The van der Waals surface area contributed by atoms with E-state index in [0.717, 1.165) is 26.2 Å². The molecule has 0 radical (unpaired) electrons. The number of nitrogens with one attached hydrogen (secondary N) is 2. The molecule has 0 fully saturated rings. The number of sulfonamides is 2. The minimum atomic E-state index is -4.27. The van der Waals surface area contributed by atoms with Crippen molar-refractivity contribution in [2.24, 2.45) is 0 Å². The van der Waals surface area contributed by atoms with E-state index in [9.17, 15) is 47.6 Å². The predicted octanol–water partition coefficient (Wildman–Crippen LogP) is 1.15. The molecule has 174 valence electrons. The van der Waals surface area contributed by atoms with Crippen molar-refractivity contribution >= 4 is 37.0 Å². The first-order chi connectivity index (χ1) is 15.8. The summed E-state index contributed by atoms with van der Waals surface area (Å²) in [5, 5.41) is 42.7. The van der Waals surface area contributed by atoms with Crippen LogP contribution in [-0.2, 0) is 20.0 Å². The van der Waals surface area contributed by atoms with Crippen LogP contribution in [0.15, 0.2) is 39.6 Å². The predicted molar refractivity (Wildman–Crippen MR) is 115 cm³/mol. The minimum absolute atomic E-state index is 0.321. The van der Waals surface area contributed by atoms with Crippen LogP contribution in [0.2, 0.25) is 0 Å². The molecule has 0 spiro atoms. The summed E-state index contributed by atoms with van der Waals surface area (Å²) in [6.07, 6.45) is 0. The van der Waals surface area contributed by atoms with Gasteiger partial charge in [-0.3, -0.25) is 20.2 Å². The second kappa shape index (κ2) is 8.28. The fourth-order valence-electron chi connectivity index (χ4n) is 3.51. The SMILES string of the molecule is CNS(=O)(=O)c1cc2c(c([N+](=O)[O-])c1)-c1c(cc(S(=O)(=O)NC)cc1[N+](=O)[O-])C2=C(C#N)C#N. The maximum absolute atomic E-state index is 12.4. The molecule has 2 aromatic rings. The molecule has 14 nitrogen and oxygen atoms in total. The van der Waals surface area contributed by atoms with Crippen molar-refractivity contribution in [1.82, 2.24) is 9.44 Å². The van der Waals surface area contributed by atoms with E-state index < -0.39 is 67.8 Å². The highest BCUT2D eigenvalue weighted by molar-refractivity contribution is 7.89. The second-order valence-electron chi connectivity index (χ2n) is 6.63. The highest BCUT2D eigenvalue weighted by Gasteiger charge is 2.41. The molecule has 1 aliphatic carbocycles. The van der Waals surface area contributed by atoms with Gasteiger partial charge in [-0.1, -0.05) is 0 Å². The molecule has 0 aromatic heterocycles. The molecule has 0 saturated heterocycles. The van der Waals surface area contributed by atoms with Gasteiger partial charge in [-0.2, -0.15) is 10.5 Å². The van der Waals surface area contributed by atoms with Crippen molar-refractivity contribution < 1.29 is 26.7 Å². The lowest BCUT2D eigenvalue weighted by Crippen LogP contribution is -2.19. The Morgan fingerprint density at radius 3 is 1.41 bits per heavy atom. The molecule has 0 saturated carbocycles. The van der Waals surface area contributed by atoms with E-state index in [-0.39, 0.29) is 16.7 Å². The van der Waals surface area contributed by atoms with Crippen molar-refractivity contribution in [2.75, 3.05) is 14.1 Å². The molecule has 1 aliphatic rings. The van der Waals surface area contributed by atoms with E-state index in [0.29, 0.717) is 12.1 Å². The topological polar surface area (TPSA) is 226 Å². The van der Waals surface area contributed by atoms with Crippen LogP contribution in [0.25, 0.3) is 16.7 Å². The maximum atomic E-state index is 12.4. The lowest BCUT2D eigenvalue weighted by atomic mass is 9.99. The zero-order valence-corrected chi connectivity index (χ0v) is 18.8. The van der Waals surface area contributed by atoms with Crippen LogP contribution in [0, 0.1) is 42.9 Å². The number of allylic oxidation sites excluding steroid dienone is 1. The average Bonchev–Trinajstić information content (AvgIpc) is 3.12. The average molecular weight is 504 g/mol. The molecule has 0 aliphatic heterocycles. The molecule has 34 heavy (non-hydrogen) atoms. The number of nitrogens with zero attached hydrogens (tertiary/aromatic N) is 4. The van der Waals surface area contributed by atoms with Crippen LogP contribution in [0.3, 0.4) is 0 Å². The monoisotopic (exact) mass is 504 g/mol. The first-order valence-electron chi connectivity index (χ1n) is 8.92. The van der Waals surface area contributed by atoms with Crippen LogP contribution >= 0.6 is 0 Å². The summed E-state index contributed by atoms with van der Waals surface area (Å²) in [7, 11) is -6.44. The van der Waals surface area contributed by atoms with Crippen molar-refractivity contribution in [2.45, 2.75) is 9.79 Å². The molecule has 2 N–H and O–H groups in total. The molecule has 16 heteroatoms. The van der Waals surface area contributed by atoms with Gasteiger partial charge in [-0.25, -0.2) is 26.3 Å². The maximum Gasteiger partial charge on any atom is 0.279 e. The molecule has 2 aromatic carbocycles. The van der Waals surface area contributed by atoms with Crippen LogP contribution in [0.5, 0.6) is 0 Å². The molecule has 0 atom stereocenters. The molecule has 0 heterocycles. The Morgan fingerprint density at radius 1 is 0.794 bits per heavy atom. The number of rotatable bonds is 6. The van der Waals surface area contributed by atoms with Crippen molar-refractivity contribution in [3.8, 4) is 23.3 Å². The zero-order chi connectivity index (χ0) is 25.6. The summed E-state index contributed by atoms with van der Waals surface area (Å²) < 4.78 is 53.5. The zero-order valence-electron chi connectivity index (χ0n) is 17.2. The van der Waals surface area contributed by atoms with Gasteiger partial charge in [0.25, 0.3) is 11.4 Å². The summed E-state index contributed by atoms with van der Waals surface area (Å²) >= 11 is 0. The first kappa shape index (κ1) is 24.4. The third-order valence-electron chi connectivity index (χ3n) is 5.00. The van der Waals surface area contributed by atoms with Gasteiger partial charge in [0.15, 0.2) is 0 Å². The number of hydrogen-bond acceptors (Lipinski definition) is 10. The van der Waals surface area contributed by atoms with Crippen molar-refractivity contribution in [1.29, 1.82) is 10.5 Å². The Morgan fingerprint density at radius 2 is 1.15 bits per heavy atom. The lowest BCUT2D eigenvalue weighted by Gasteiger charge is -2.08. The van der Waals surface area contributed by atoms with Gasteiger partial charge in [-0.05, 0) is 26.2 Å². The highest BCUT2D eigenvalue weighted by Crippen LogP contribution is 2.54. The number of nitriles is 2. The number of nitro groups is 2. The molecule has 3 rings (SSSR count). The number of hydrogen-bond donors (Lipinski definition) is 2. The van der Waals surface area contributed by atoms with Gasteiger partial charge >= 0.3 is 0 Å². The van der Waals surface area contributed by atoms with E-state index >= 15 is 0 Å². The van der Waals surface area contributed by atoms with E-state index in [2.05, 4.69) is 0 Å². The number of benzene rings is 2. The van der Waals surface area contributed by atoms with Gasteiger partial charge in [0.1, 0.15) is 17.7 Å². The molecule has 0 unspecified atom stereocenters. The van der Waals surface area contributed by atoms with Gasteiger partial charge in [0, 0.05) is 28.8 Å². The van der Waals surface area contributed by atoms with E-state index in [1.54, 1.807) is 12.1 Å². The van der Waals surface area contributed by atoms with Crippen LogP contribution in [0.4, 0.5) is 11.4 Å². The number of fused-ring (bicyclic) bond motifs is 3. The van der Waals surface area contributed by atoms with Crippen LogP contribution < -0.4 is 9.44 Å². The quantitative estimate of drug-likeness (QED) is 0.276. The Labute approximate surface area is 192 Å². The van der Waals surface area contributed by atoms with E-state index in [4.69, 9.17) is 0 Å². The molecular weight excluding hydrogens is 492 g/mol. The van der Waals surface area contributed by atoms with Crippen molar-refractivity contribution in [3.63, 3.8) is 0 Å². The summed E-state index contributed by atoms with van der Waals surface area (Å²) in [5.41, 5.74) is -4.24. The summed E-state index contributed by atoms with van der Waals surface area (Å²) in [6, 6.07) is 6.34. The van der Waals surface area contributed by atoms with E-state index in [1.165, 1.54) is 0 Å². The fourth-order valence-corrected chi connectivity index (χ4v) is 5.06. The largest absolute Gasteiger partial charge is 0.279 e. The first-order valence-corrected chi connectivity index (χ1v) is 11.9. The number of nitro benzene ring substituents is 2.